The molecule has 6 nitrogen and oxygen atoms in total. The molecule has 1 amide bonds. The van der Waals surface area contributed by atoms with Crippen molar-refractivity contribution in [3.8, 4) is 11.4 Å². The molecule has 118 valence electrons. The summed E-state index contributed by atoms with van der Waals surface area (Å²) in [5, 5.41) is 8.43. The van der Waals surface area contributed by atoms with E-state index in [1.165, 1.54) is 0 Å². The topological polar surface area (TPSA) is 69.0 Å². The van der Waals surface area contributed by atoms with Gasteiger partial charge >= 0.3 is 0 Å². The van der Waals surface area contributed by atoms with Crippen molar-refractivity contribution < 1.29 is 9.53 Å². The van der Waals surface area contributed by atoms with Gasteiger partial charge in [0.1, 0.15) is 16.6 Å². The van der Waals surface area contributed by atoms with Gasteiger partial charge in [0.25, 0.3) is 5.91 Å². The number of hydrogen-bond acceptors (Lipinski definition) is 4. The molecule has 23 heavy (non-hydrogen) atoms. The van der Waals surface area contributed by atoms with E-state index < -0.39 is 0 Å². The number of nitrogens with zero attached hydrogens (tertiary/aromatic N) is 3. The quantitative estimate of drug-likeness (QED) is 0.750. The summed E-state index contributed by atoms with van der Waals surface area (Å²) in [4.78, 5) is 15.9. The van der Waals surface area contributed by atoms with E-state index in [1.807, 2.05) is 6.92 Å². The first-order valence-electron chi connectivity index (χ1n) is 6.96. The first-order valence-corrected chi connectivity index (χ1v) is 7.34. The van der Waals surface area contributed by atoms with Gasteiger partial charge in [-0.3, -0.25) is 4.79 Å². The van der Waals surface area contributed by atoms with Gasteiger partial charge in [-0.25, -0.2) is 9.67 Å². The van der Waals surface area contributed by atoms with Gasteiger partial charge in [0.15, 0.2) is 0 Å². The fourth-order valence-electron chi connectivity index (χ4n) is 2.45. The van der Waals surface area contributed by atoms with Gasteiger partial charge in [0.2, 0.25) is 0 Å². The van der Waals surface area contributed by atoms with Crippen LogP contribution in [0.4, 0.5) is 0 Å². The van der Waals surface area contributed by atoms with Crippen molar-refractivity contribution in [3.05, 3.63) is 46.9 Å². The maximum Gasteiger partial charge on any atom is 0.251 e. The monoisotopic (exact) mass is 330 g/mol. The highest BCUT2D eigenvalue weighted by molar-refractivity contribution is 6.30. The van der Waals surface area contributed by atoms with Crippen LogP contribution in [0.2, 0.25) is 5.15 Å². The van der Waals surface area contributed by atoms with E-state index in [0.29, 0.717) is 16.5 Å². The van der Waals surface area contributed by atoms with E-state index in [0.717, 1.165) is 22.3 Å². The molecule has 2 heterocycles. The smallest absolute Gasteiger partial charge is 0.251 e. The van der Waals surface area contributed by atoms with Crippen LogP contribution in [-0.4, -0.2) is 34.8 Å². The molecule has 3 aromatic rings. The van der Waals surface area contributed by atoms with Crippen molar-refractivity contribution in [3.63, 3.8) is 0 Å². The average Bonchev–Trinajstić information content (AvgIpc) is 2.89. The number of fused-ring (bicyclic) bond motifs is 1. The molecule has 0 radical (unpaired) electrons. The van der Waals surface area contributed by atoms with E-state index in [-0.39, 0.29) is 5.91 Å². The summed E-state index contributed by atoms with van der Waals surface area (Å²) in [5.41, 5.74) is 2.90. The van der Waals surface area contributed by atoms with Gasteiger partial charge in [-0.15, -0.1) is 0 Å². The fourth-order valence-corrected chi connectivity index (χ4v) is 2.61. The van der Waals surface area contributed by atoms with Gasteiger partial charge in [0, 0.05) is 30.3 Å². The highest BCUT2D eigenvalue weighted by Crippen LogP contribution is 2.29. The Labute approximate surface area is 138 Å². The van der Waals surface area contributed by atoms with E-state index in [1.54, 1.807) is 49.3 Å². The molecule has 2 aromatic heterocycles. The second-order valence-electron chi connectivity index (χ2n) is 4.99. The molecule has 0 spiro atoms. The number of aryl methyl sites for hydroxylation is 1. The van der Waals surface area contributed by atoms with E-state index in [9.17, 15) is 4.79 Å². The fraction of sp³-hybridized carbons (Fsp3) is 0.188. The van der Waals surface area contributed by atoms with Crippen molar-refractivity contribution in [2.75, 3.05) is 14.2 Å². The number of carbonyl (C=O) groups is 1. The lowest BCUT2D eigenvalue weighted by atomic mass is 10.1. The number of rotatable bonds is 3. The van der Waals surface area contributed by atoms with Gasteiger partial charge in [-0.2, -0.15) is 5.10 Å². The largest absolute Gasteiger partial charge is 0.494 e. The minimum atomic E-state index is -0.177. The first-order chi connectivity index (χ1) is 11.0. The van der Waals surface area contributed by atoms with Gasteiger partial charge in [-0.1, -0.05) is 11.6 Å². The minimum Gasteiger partial charge on any atom is -0.494 e. The van der Waals surface area contributed by atoms with Crippen LogP contribution in [0.25, 0.3) is 16.6 Å². The molecule has 0 fully saturated rings. The second-order valence-corrected chi connectivity index (χ2v) is 5.37. The van der Waals surface area contributed by atoms with E-state index in [4.69, 9.17) is 16.3 Å². The lowest BCUT2D eigenvalue weighted by Gasteiger charge is -2.11. The maximum atomic E-state index is 11.8. The van der Waals surface area contributed by atoms with Gasteiger partial charge < -0.3 is 10.1 Å². The second kappa shape index (κ2) is 5.89. The molecule has 0 saturated carbocycles. The molecule has 0 aliphatic heterocycles. The predicted molar refractivity (Wildman–Crippen MR) is 88.6 cm³/mol. The van der Waals surface area contributed by atoms with Crippen LogP contribution in [0.1, 0.15) is 16.1 Å². The van der Waals surface area contributed by atoms with Crippen molar-refractivity contribution >= 4 is 28.4 Å². The molecule has 0 aliphatic carbocycles. The average molecular weight is 331 g/mol. The van der Waals surface area contributed by atoms with Crippen molar-refractivity contribution in [2.24, 2.45) is 0 Å². The van der Waals surface area contributed by atoms with Gasteiger partial charge in [-0.05, 0) is 25.1 Å². The van der Waals surface area contributed by atoms with Crippen LogP contribution in [-0.2, 0) is 0 Å². The van der Waals surface area contributed by atoms with Crippen LogP contribution < -0.4 is 10.1 Å². The Bertz CT molecular complexity index is 904. The zero-order valence-corrected chi connectivity index (χ0v) is 13.7. The van der Waals surface area contributed by atoms with Crippen LogP contribution in [0, 0.1) is 6.92 Å². The third-order valence-corrected chi connectivity index (χ3v) is 3.82. The van der Waals surface area contributed by atoms with E-state index >= 15 is 0 Å². The Morgan fingerprint density at radius 1 is 1.35 bits per heavy atom. The number of ether oxygens (including phenoxy) is 1. The van der Waals surface area contributed by atoms with Crippen LogP contribution >= 0.6 is 11.6 Å². The Morgan fingerprint density at radius 3 is 2.83 bits per heavy atom. The molecule has 0 saturated heterocycles. The number of benzene rings is 1. The Balaban J connectivity index is 2.22. The third kappa shape index (κ3) is 2.61. The molecule has 0 atom stereocenters. The van der Waals surface area contributed by atoms with Crippen LogP contribution in [0.15, 0.2) is 30.5 Å². The molecular formula is C16H15ClN4O2. The lowest BCUT2D eigenvalue weighted by molar-refractivity contribution is 0.0962. The molecule has 0 bridgehead atoms. The summed E-state index contributed by atoms with van der Waals surface area (Å²) in [6.07, 6.45) is 1.70. The summed E-state index contributed by atoms with van der Waals surface area (Å²) < 4.78 is 7.17. The predicted octanol–water partition coefficient (Wildman–Crippen LogP) is 2.75. The highest BCUT2D eigenvalue weighted by Gasteiger charge is 2.15. The third-order valence-electron chi connectivity index (χ3n) is 3.61. The number of aromatic nitrogens is 3. The van der Waals surface area contributed by atoms with Crippen LogP contribution in [0.5, 0.6) is 5.75 Å². The number of halogens is 1. The highest BCUT2D eigenvalue weighted by atomic mass is 35.5. The van der Waals surface area contributed by atoms with Crippen molar-refractivity contribution in [2.45, 2.75) is 6.92 Å². The summed E-state index contributed by atoms with van der Waals surface area (Å²) >= 11 is 6.01. The molecule has 1 N–H and O–H groups in total. The molecule has 3 rings (SSSR count). The summed E-state index contributed by atoms with van der Waals surface area (Å²) in [6.45, 7) is 1.90. The number of methoxy groups -OCH3 is 1. The Morgan fingerprint density at radius 2 is 2.13 bits per heavy atom. The van der Waals surface area contributed by atoms with Crippen molar-refractivity contribution in [1.29, 1.82) is 0 Å². The standard InChI is InChI=1S/C16H15ClN4O2/c1-9-11-8-19-15(17)7-13(11)21(20-9)12-5-4-10(16(22)18-2)6-14(12)23-3/h4-8H,1-3H3,(H,18,22). The molecular weight excluding hydrogens is 316 g/mol. The van der Waals surface area contributed by atoms with Crippen LogP contribution in [0.3, 0.4) is 0 Å². The minimum absolute atomic E-state index is 0.177. The Hall–Kier alpha value is -2.60. The summed E-state index contributed by atoms with van der Waals surface area (Å²) in [6, 6.07) is 6.95. The molecule has 7 heteroatoms. The van der Waals surface area contributed by atoms with E-state index in [2.05, 4.69) is 15.4 Å². The number of hydrogen-bond donors (Lipinski definition) is 1. The number of pyridine rings is 1. The summed E-state index contributed by atoms with van der Waals surface area (Å²) in [5.74, 6) is 0.368. The zero-order chi connectivity index (χ0) is 16.6. The number of amides is 1. The van der Waals surface area contributed by atoms with Crippen molar-refractivity contribution in [1.82, 2.24) is 20.1 Å². The maximum absolute atomic E-state index is 11.8. The normalized spacial score (nSPS) is 10.8. The molecule has 0 unspecified atom stereocenters. The Kier molecular flexibility index (Phi) is 3.92. The SMILES string of the molecule is CNC(=O)c1ccc(-n2nc(C)c3cnc(Cl)cc32)c(OC)c1. The first kappa shape index (κ1) is 15.3. The van der Waals surface area contributed by atoms with Gasteiger partial charge in [0.05, 0.1) is 18.3 Å². The lowest BCUT2D eigenvalue weighted by Crippen LogP contribution is -2.18. The zero-order valence-electron chi connectivity index (χ0n) is 12.9. The molecule has 1 aromatic carbocycles. The number of carbonyl (C=O) groups excluding carboxylic acids is 1. The number of nitrogens with one attached hydrogen (secondary N) is 1. The molecule has 0 aliphatic rings. The summed E-state index contributed by atoms with van der Waals surface area (Å²) in [7, 11) is 3.14.